The van der Waals surface area contributed by atoms with E-state index in [0.717, 1.165) is 60.3 Å². The third-order valence-electron chi connectivity index (χ3n) is 8.75. The van der Waals surface area contributed by atoms with Gasteiger partial charge in [0.15, 0.2) is 0 Å². The van der Waals surface area contributed by atoms with Crippen molar-refractivity contribution < 1.29 is 24.2 Å². The van der Waals surface area contributed by atoms with Crippen molar-refractivity contribution in [3.05, 3.63) is 95.1 Å². The van der Waals surface area contributed by atoms with Gasteiger partial charge < -0.3 is 19.4 Å². The molecule has 3 aliphatic rings. The molecule has 0 spiro atoms. The lowest BCUT2D eigenvalue weighted by atomic mass is 9.85. The Labute approximate surface area is 255 Å². The summed E-state index contributed by atoms with van der Waals surface area (Å²) < 4.78 is 20.3. The fourth-order valence-electron chi connectivity index (χ4n) is 6.36. The van der Waals surface area contributed by atoms with Crippen molar-refractivity contribution in [2.45, 2.75) is 70.2 Å². The van der Waals surface area contributed by atoms with Crippen LogP contribution in [-0.2, 0) is 26.7 Å². The van der Waals surface area contributed by atoms with Crippen molar-refractivity contribution in [3.63, 3.8) is 0 Å². The van der Waals surface area contributed by atoms with E-state index in [4.69, 9.17) is 9.47 Å². The van der Waals surface area contributed by atoms with Crippen LogP contribution in [0.5, 0.6) is 5.75 Å². The number of cyclic esters (lactones) is 1. The van der Waals surface area contributed by atoms with E-state index in [1.807, 2.05) is 60.7 Å². The highest BCUT2D eigenvalue weighted by Gasteiger charge is 2.48. The maximum Gasteiger partial charge on any atom is 0.341 e. The normalized spacial score (nSPS) is 20.7. The number of fused-ring (bicyclic) bond motifs is 1. The molecule has 2 heterocycles. The van der Waals surface area contributed by atoms with Crippen LogP contribution in [0.4, 0.5) is 0 Å². The summed E-state index contributed by atoms with van der Waals surface area (Å²) >= 11 is 1.14. The van der Waals surface area contributed by atoms with Crippen LogP contribution < -0.4 is 4.74 Å². The molecule has 8 heteroatoms. The van der Waals surface area contributed by atoms with Crippen LogP contribution >= 0.6 is 11.7 Å². The van der Waals surface area contributed by atoms with Crippen molar-refractivity contribution in [3.8, 4) is 5.75 Å². The van der Waals surface area contributed by atoms with E-state index >= 15 is 0 Å². The number of ether oxygens (including phenoxy) is 2. The minimum atomic E-state index is -1.82. The molecule has 43 heavy (non-hydrogen) atoms. The highest BCUT2D eigenvalue weighted by molar-refractivity contribution is 7.00. The molecule has 0 amide bonds. The van der Waals surface area contributed by atoms with Gasteiger partial charge in [-0.1, -0.05) is 74.9 Å². The van der Waals surface area contributed by atoms with Gasteiger partial charge in [0.05, 0.1) is 17.3 Å². The second-order valence-corrected chi connectivity index (χ2v) is 12.2. The van der Waals surface area contributed by atoms with E-state index in [0.29, 0.717) is 52.9 Å². The average Bonchev–Trinajstić information content (AvgIpc) is 3.86. The molecule has 2 saturated carbocycles. The quantitative estimate of drug-likeness (QED) is 0.167. The minimum absolute atomic E-state index is 0.411. The van der Waals surface area contributed by atoms with Crippen molar-refractivity contribution in [1.29, 1.82) is 0 Å². The number of carbonyl (C=O) groups excluding carboxylic acids is 2. The van der Waals surface area contributed by atoms with Gasteiger partial charge in [0.25, 0.3) is 5.79 Å². The summed E-state index contributed by atoms with van der Waals surface area (Å²) in [5.41, 5.74) is 4.87. The molecule has 1 atom stereocenters. The monoisotopic (exact) mass is 596 g/mol. The van der Waals surface area contributed by atoms with Gasteiger partial charge in [-0.3, -0.25) is 0 Å². The van der Waals surface area contributed by atoms with Gasteiger partial charge in [-0.25, -0.2) is 4.79 Å². The first-order chi connectivity index (χ1) is 21.0. The van der Waals surface area contributed by atoms with Crippen LogP contribution in [0.25, 0.3) is 16.6 Å². The molecule has 0 bridgehead atoms. The fraction of sp³-hybridized carbons (Fsp3) is 0.371. The van der Waals surface area contributed by atoms with E-state index in [9.17, 15) is 14.7 Å². The molecule has 3 aromatic carbocycles. The molecule has 7 rings (SSSR count). The molecule has 7 nitrogen and oxygen atoms in total. The summed E-state index contributed by atoms with van der Waals surface area (Å²) in [5.74, 6) is -0.826. The van der Waals surface area contributed by atoms with Gasteiger partial charge in [0.1, 0.15) is 29.7 Å². The Morgan fingerprint density at radius 3 is 2.30 bits per heavy atom. The van der Waals surface area contributed by atoms with Crippen LogP contribution in [0.15, 0.2) is 78.4 Å². The number of hydrogen-bond donors (Lipinski definition) is 1. The lowest BCUT2D eigenvalue weighted by Crippen LogP contribution is -2.29. The molecule has 4 aromatic rings. The maximum absolute atomic E-state index is 13.3. The van der Waals surface area contributed by atoms with Crippen molar-refractivity contribution >= 4 is 40.6 Å². The van der Waals surface area contributed by atoms with Gasteiger partial charge in [-0.2, -0.15) is 8.75 Å². The lowest BCUT2D eigenvalue weighted by Gasteiger charge is -2.27. The number of esters is 1. The summed E-state index contributed by atoms with van der Waals surface area (Å²) in [6, 6.07) is 22.7. The van der Waals surface area contributed by atoms with Gasteiger partial charge in [0, 0.05) is 17.1 Å². The van der Waals surface area contributed by atoms with Crippen molar-refractivity contribution in [1.82, 2.24) is 8.75 Å². The summed E-state index contributed by atoms with van der Waals surface area (Å²) in [6.45, 7) is 0.449. The maximum atomic E-state index is 13.3. The smallest absolute Gasteiger partial charge is 0.341 e. The highest BCUT2D eigenvalue weighted by Crippen LogP contribution is 2.48. The van der Waals surface area contributed by atoms with Gasteiger partial charge in [-0.05, 0) is 72.7 Å². The van der Waals surface area contributed by atoms with Crippen molar-refractivity contribution in [2.75, 3.05) is 0 Å². The van der Waals surface area contributed by atoms with Crippen LogP contribution in [0, 0.1) is 11.8 Å². The zero-order valence-electron chi connectivity index (χ0n) is 24.1. The number of aromatic nitrogens is 2. The van der Waals surface area contributed by atoms with Crippen LogP contribution in [0.1, 0.15) is 74.5 Å². The molecular weight excluding hydrogens is 560 g/mol. The van der Waals surface area contributed by atoms with Crippen molar-refractivity contribution in [2.24, 2.45) is 11.8 Å². The summed E-state index contributed by atoms with van der Waals surface area (Å²) in [7, 11) is 0. The number of benzene rings is 3. The second-order valence-electron chi connectivity index (χ2n) is 11.7. The summed E-state index contributed by atoms with van der Waals surface area (Å²) in [5, 5.41) is 11.9. The number of rotatable bonds is 8. The molecule has 2 fully saturated rings. The Morgan fingerprint density at radius 1 is 0.907 bits per heavy atom. The Balaban J connectivity index is 0.000000415. The molecule has 1 aliphatic heterocycles. The molecule has 0 radical (unpaired) electrons. The molecule has 0 saturated heterocycles. The first-order valence-corrected chi connectivity index (χ1v) is 15.9. The molecule has 1 N–H and O–H groups in total. The average molecular weight is 597 g/mol. The Bertz CT molecular complexity index is 1590. The van der Waals surface area contributed by atoms with Crippen LogP contribution in [0.3, 0.4) is 0 Å². The Kier molecular flexibility index (Phi) is 8.95. The van der Waals surface area contributed by atoms with E-state index < -0.39 is 11.8 Å². The van der Waals surface area contributed by atoms with E-state index in [1.165, 1.54) is 25.7 Å². The molecular formula is C35H36N2O5S. The first kappa shape index (κ1) is 29.2. The Hall–Kier alpha value is -3.88. The van der Waals surface area contributed by atoms with E-state index in [2.05, 4.69) is 8.75 Å². The topological polar surface area (TPSA) is 98.6 Å². The second kappa shape index (κ2) is 13.2. The number of hydrogen-bond acceptors (Lipinski definition) is 8. The number of aliphatic hydroxyl groups is 1. The zero-order chi connectivity index (χ0) is 29.6. The fourth-order valence-corrected chi connectivity index (χ4v) is 6.87. The van der Waals surface area contributed by atoms with Gasteiger partial charge in [0.2, 0.25) is 0 Å². The summed E-state index contributed by atoms with van der Waals surface area (Å²) in [6.07, 6.45) is 11.0. The molecule has 2 aliphatic carbocycles. The predicted octanol–water partition coefficient (Wildman–Crippen LogP) is 7.38. The van der Waals surface area contributed by atoms with Gasteiger partial charge in [-0.15, -0.1) is 0 Å². The van der Waals surface area contributed by atoms with Gasteiger partial charge >= 0.3 is 5.97 Å². The Morgan fingerprint density at radius 2 is 1.60 bits per heavy atom. The molecule has 1 unspecified atom stereocenters. The summed E-state index contributed by atoms with van der Waals surface area (Å²) in [4.78, 5) is 23.3. The number of carbonyl (C=O) groups is 2. The first-order valence-electron chi connectivity index (χ1n) is 15.2. The standard InChI is InChI=1S/C29H26N2O4S.C6H10O/c32-28-27(21-10-15-25-26(17-21)31-36-30-25)24(16-19-6-4-5-7-19)29(33,35-28)22-11-13-23(14-12-22)34-18-20-8-2-1-3-9-20;7-5-6-3-1-2-4-6/h1-3,8-15,17,19,33H,4-7,16,18H2;5-6H,1-4H2. The highest BCUT2D eigenvalue weighted by atomic mass is 32.1. The predicted molar refractivity (Wildman–Crippen MR) is 166 cm³/mol. The molecule has 222 valence electrons. The minimum Gasteiger partial charge on any atom is -0.489 e. The number of nitrogens with zero attached hydrogens (tertiary/aromatic N) is 2. The number of aldehydes is 1. The molecule has 1 aromatic heterocycles. The van der Waals surface area contributed by atoms with Crippen LogP contribution in [0.2, 0.25) is 0 Å². The zero-order valence-corrected chi connectivity index (χ0v) is 24.9. The van der Waals surface area contributed by atoms with E-state index in [-0.39, 0.29) is 0 Å². The third kappa shape index (κ3) is 6.55. The SMILES string of the molecule is O=C1OC(O)(c2ccc(OCc3ccccc3)cc2)C(CC2CCCC2)=C1c1ccc2nsnc2c1.O=CC1CCCC1. The largest absolute Gasteiger partial charge is 0.489 e. The van der Waals surface area contributed by atoms with Crippen LogP contribution in [-0.4, -0.2) is 26.1 Å². The third-order valence-corrected chi connectivity index (χ3v) is 9.31. The lowest BCUT2D eigenvalue weighted by molar-refractivity contribution is -0.185. The van der Waals surface area contributed by atoms with E-state index in [1.54, 1.807) is 12.1 Å².